The van der Waals surface area contributed by atoms with Crippen LogP contribution in [-0.4, -0.2) is 25.7 Å². The van der Waals surface area contributed by atoms with Gasteiger partial charge < -0.3 is 15.4 Å². The molecule has 1 unspecified atom stereocenters. The normalized spacial score (nSPS) is 16.2. The molecule has 0 aliphatic carbocycles. The maximum atomic E-state index is 11.6. The van der Waals surface area contributed by atoms with Crippen molar-refractivity contribution in [3.8, 4) is 0 Å². The highest BCUT2D eigenvalue weighted by Gasteiger charge is 2.26. The molecule has 17 heavy (non-hydrogen) atoms. The predicted molar refractivity (Wildman–Crippen MR) is 68.0 cm³/mol. The second kappa shape index (κ2) is 4.65. The molecule has 0 aromatic heterocycles. The molecule has 92 valence electrons. The van der Waals surface area contributed by atoms with Gasteiger partial charge in [-0.2, -0.15) is 0 Å². The predicted octanol–water partition coefficient (Wildman–Crippen LogP) is 1.58. The van der Waals surface area contributed by atoms with Crippen molar-refractivity contribution in [2.45, 2.75) is 25.8 Å². The van der Waals surface area contributed by atoms with Crippen LogP contribution in [0.1, 0.15) is 18.9 Å². The molecular weight excluding hydrogens is 216 g/mol. The van der Waals surface area contributed by atoms with Crippen LogP contribution in [-0.2, 0) is 16.0 Å². The molecule has 4 nitrogen and oxygen atoms in total. The van der Waals surface area contributed by atoms with Gasteiger partial charge in [0.05, 0.1) is 7.11 Å². The summed E-state index contributed by atoms with van der Waals surface area (Å²) in [5, 5.41) is 0. The number of hydrogen-bond donors (Lipinski definition) is 1. The van der Waals surface area contributed by atoms with Crippen molar-refractivity contribution in [2.75, 3.05) is 24.3 Å². The van der Waals surface area contributed by atoms with Crippen molar-refractivity contribution < 1.29 is 9.53 Å². The lowest BCUT2D eigenvalue weighted by Gasteiger charge is -2.34. The van der Waals surface area contributed by atoms with Crippen LogP contribution in [0.3, 0.4) is 0 Å². The van der Waals surface area contributed by atoms with Gasteiger partial charge in [-0.1, -0.05) is 0 Å². The molecule has 1 aliphatic heterocycles. The van der Waals surface area contributed by atoms with Crippen LogP contribution in [0, 0.1) is 0 Å². The fraction of sp³-hybridized carbons (Fsp3) is 0.462. The molecule has 0 bridgehead atoms. The Labute approximate surface area is 101 Å². The van der Waals surface area contributed by atoms with Crippen LogP contribution in [0.2, 0.25) is 0 Å². The number of carbonyl (C=O) groups is 1. The average Bonchev–Trinajstić information content (AvgIpc) is 2.35. The summed E-state index contributed by atoms with van der Waals surface area (Å²) in [7, 11) is 1.42. The van der Waals surface area contributed by atoms with Gasteiger partial charge in [0.25, 0.3) is 0 Å². The second-order valence-corrected chi connectivity index (χ2v) is 4.38. The number of rotatable bonds is 2. The Hall–Kier alpha value is -1.71. The van der Waals surface area contributed by atoms with Crippen LogP contribution in [0.15, 0.2) is 18.2 Å². The zero-order valence-electron chi connectivity index (χ0n) is 10.3. The fourth-order valence-electron chi connectivity index (χ4n) is 2.35. The molecule has 2 N–H and O–H groups in total. The Kier molecular flexibility index (Phi) is 3.22. The molecule has 1 aromatic carbocycles. The second-order valence-electron chi connectivity index (χ2n) is 4.38. The minimum Gasteiger partial charge on any atom is -0.467 e. The van der Waals surface area contributed by atoms with E-state index in [-0.39, 0.29) is 12.0 Å². The van der Waals surface area contributed by atoms with Crippen LogP contribution >= 0.6 is 0 Å². The first-order valence-electron chi connectivity index (χ1n) is 5.86. The van der Waals surface area contributed by atoms with E-state index in [4.69, 9.17) is 10.5 Å². The number of fused-ring (bicyclic) bond motifs is 1. The van der Waals surface area contributed by atoms with E-state index in [1.54, 1.807) is 0 Å². The van der Waals surface area contributed by atoms with Gasteiger partial charge in [0.2, 0.25) is 0 Å². The van der Waals surface area contributed by atoms with Crippen LogP contribution in [0.4, 0.5) is 11.4 Å². The van der Waals surface area contributed by atoms with E-state index in [0.717, 1.165) is 30.8 Å². The van der Waals surface area contributed by atoms with Crippen LogP contribution in [0.25, 0.3) is 0 Å². The van der Waals surface area contributed by atoms with E-state index in [0.29, 0.717) is 0 Å². The molecule has 1 atom stereocenters. The molecule has 0 saturated heterocycles. The quantitative estimate of drug-likeness (QED) is 0.623. The first-order valence-corrected chi connectivity index (χ1v) is 5.86. The molecule has 0 saturated carbocycles. The number of nitrogens with zero attached hydrogens (tertiary/aromatic N) is 1. The van der Waals surface area contributed by atoms with Gasteiger partial charge >= 0.3 is 5.97 Å². The Morgan fingerprint density at radius 3 is 3.00 bits per heavy atom. The highest BCUT2D eigenvalue weighted by molar-refractivity contribution is 5.80. The summed E-state index contributed by atoms with van der Waals surface area (Å²) in [6.45, 7) is 2.75. The van der Waals surface area contributed by atoms with Crippen LogP contribution < -0.4 is 10.6 Å². The number of anilines is 2. The lowest BCUT2D eigenvalue weighted by atomic mass is 9.99. The number of nitrogens with two attached hydrogens (primary N) is 1. The van der Waals surface area contributed by atoms with Crippen molar-refractivity contribution in [1.29, 1.82) is 0 Å². The van der Waals surface area contributed by atoms with Gasteiger partial charge in [-0.05, 0) is 43.5 Å². The summed E-state index contributed by atoms with van der Waals surface area (Å²) in [4.78, 5) is 13.7. The Bertz CT molecular complexity index is 431. The summed E-state index contributed by atoms with van der Waals surface area (Å²) in [6, 6.07) is 5.61. The number of benzene rings is 1. The van der Waals surface area contributed by atoms with E-state index in [1.807, 2.05) is 25.1 Å². The first kappa shape index (κ1) is 11.8. The minimum atomic E-state index is -0.248. The Morgan fingerprint density at radius 1 is 1.53 bits per heavy atom. The minimum absolute atomic E-state index is 0.199. The monoisotopic (exact) mass is 234 g/mol. The number of ether oxygens (including phenoxy) is 1. The number of hydrogen-bond acceptors (Lipinski definition) is 4. The van der Waals surface area contributed by atoms with E-state index < -0.39 is 0 Å². The highest BCUT2D eigenvalue weighted by Crippen LogP contribution is 2.30. The lowest BCUT2D eigenvalue weighted by molar-refractivity contribution is -0.141. The highest BCUT2D eigenvalue weighted by atomic mass is 16.5. The number of nitrogen functional groups attached to an aromatic ring is 1. The van der Waals surface area contributed by atoms with Crippen molar-refractivity contribution in [1.82, 2.24) is 0 Å². The molecule has 0 amide bonds. The molecule has 0 spiro atoms. The third kappa shape index (κ3) is 2.20. The van der Waals surface area contributed by atoms with Gasteiger partial charge in [-0.25, -0.2) is 4.79 Å². The van der Waals surface area contributed by atoms with E-state index in [9.17, 15) is 4.79 Å². The van der Waals surface area contributed by atoms with Crippen LogP contribution in [0.5, 0.6) is 0 Å². The number of aryl methyl sites for hydroxylation is 1. The summed E-state index contributed by atoms with van der Waals surface area (Å²) >= 11 is 0. The average molecular weight is 234 g/mol. The summed E-state index contributed by atoms with van der Waals surface area (Å²) in [5.74, 6) is -0.199. The fourth-order valence-corrected chi connectivity index (χ4v) is 2.35. The third-order valence-electron chi connectivity index (χ3n) is 3.27. The molecule has 1 aromatic rings. The van der Waals surface area contributed by atoms with Crippen molar-refractivity contribution in [2.24, 2.45) is 0 Å². The molecule has 0 radical (unpaired) electrons. The SMILES string of the molecule is COC(=O)C(C)N1CCCc2cc(N)ccc21. The number of methoxy groups -OCH3 is 1. The number of carbonyl (C=O) groups excluding carboxylic acids is 1. The summed E-state index contributed by atoms with van der Waals surface area (Å²) in [6.07, 6.45) is 2.06. The topological polar surface area (TPSA) is 55.6 Å². The van der Waals surface area contributed by atoms with E-state index >= 15 is 0 Å². The molecule has 1 aliphatic rings. The standard InChI is InChI=1S/C13H18N2O2/c1-9(13(16)17-2)15-7-3-4-10-8-11(14)5-6-12(10)15/h5-6,8-9H,3-4,7,14H2,1-2H3. The number of esters is 1. The third-order valence-corrected chi connectivity index (χ3v) is 3.27. The van der Waals surface area contributed by atoms with E-state index in [1.165, 1.54) is 12.7 Å². The first-order chi connectivity index (χ1) is 8.13. The van der Waals surface area contributed by atoms with E-state index in [2.05, 4.69) is 4.90 Å². The summed E-state index contributed by atoms with van der Waals surface area (Å²) < 4.78 is 4.80. The van der Waals surface area contributed by atoms with Gasteiger partial charge in [0.1, 0.15) is 6.04 Å². The smallest absolute Gasteiger partial charge is 0.328 e. The summed E-state index contributed by atoms with van der Waals surface area (Å²) in [5.41, 5.74) is 8.87. The molecule has 4 heteroatoms. The van der Waals surface area contributed by atoms with Crippen molar-refractivity contribution in [3.63, 3.8) is 0 Å². The van der Waals surface area contributed by atoms with Gasteiger partial charge in [0.15, 0.2) is 0 Å². The Morgan fingerprint density at radius 2 is 2.29 bits per heavy atom. The Balaban J connectivity index is 2.31. The zero-order valence-corrected chi connectivity index (χ0v) is 10.3. The molecular formula is C13H18N2O2. The molecule has 1 heterocycles. The van der Waals surface area contributed by atoms with Gasteiger partial charge in [0, 0.05) is 17.9 Å². The maximum absolute atomic E-state index is 11.6. The lowest BCUT2D eigenvalue weighted by Crippen LogP contribution is -2.42. The molecule has 2 rings (SSSR count). The molecule has 0 fully saturated rings. The van der Waals surface area contributed by atoms with Crippen molar-refractivity contribution >= 4 is 17.3 Å². The zero-order chi connectivity index (χ0) is 12.4. The van der Waals surface area contributed by atoms with Gasteiger partial charge in [-0.3, -0.25) is 0 Å². The largest absolute Gasteiger partial charge is 0.467 e. The maximum Gasteiger partial charge on any atom is 0.328 e. The van der Waals surface area contributed by atoms with Gasteiger partial charge in [-0.15, -0.1) is 0 Å². The van der Waals surface area contributed by atoms with Crippen molar-refractivity contribution in [3.05, 3.63) is 23.8 Å².